The standard InChI is InChI=1S/C15H16N2S/c1-15(2,3)14-12(10-7-5-4-6-8-10)13(17)11(9-16)18-14/h4-8H,17H2,1-3H3. The highest BCUT2D eigenvalue weighted by Gasteiger charge is 2.25. The lowest BCUT2D eigenvalue weighted by molar-refractivity contribution is 0.605. The first-order valence-electron chi connectivity index (χ1n) is 5.83. The van der Waals surface area contributed by atoms with Gasteiger partial charge in [-0.25, -0.2) is 0 Å². The van der Waals surface area contributed by atoms with Gasteiger partial charge in [0.2, 0.25) is 0 Å². The van der Waals surface area contributed by atoms with Gasteiger partial charge in [-0.2, -0.15) is 5.26 Å². The van der Waals surface area contributed by atoms with Crippen LogP contribution < -0.4 is 5.73 Å². The highest BCUT2D eigenvalue weighted by atomic mass is 32.1. The molecule has 0 amide bonds. The van der Waals surface area contributed by atoms with Crippen LogP contribution in [0.25, 0.3) is 11.1 Å². The first kappa shape index (κ1) is 12.7. The Hall–Kier alpha value is -1.79. The average molecular weight is 256 g/mol. The summed E-state index contributed by atoms with van der Waals surface area (Å²) in [5.41, 5.74) is 8.83. The maximum Gasteiger partial charge on any atom is 0.128 e. The minimum absolute atomic E-state index is 0.0148. The summed E-state index contributed by atoms with van der Waals surface area (Å²) < 4.78 is 0. The molecule has 92 valence electrons. The third-order valence-electron chi connectivity index (χ3n) is 2.79. The normalized spacial score (nSPS) is 11.2. The van der Waals surface area contributed by atoms with E-state index >= 15 is 0 Å². The summed E-state index contributed by atoms with van der Waals surface area (Å²) in [7, 11) is 0. The van der Waals surface area contributed by atoms with E-state index < -0.39 is 0 Å². The summed E-state index contributed by atoms with van der Waals surface area (Å²) in [5, 5.41) is 9.15. The van der Waals surface area contributed by atoms with E-state index in [1.807, 2.05) is 30.3 Å². The highest BCUT2D eigenvalue weighted by molar-refractivity contribution is 7.14. The zero-order valence-electron chi connectivity index (χ0n) is 10.8. The number of nitrogens with two attached hydrogens (primary N) is 1. The van der Waals surface area contributed by atoms with Gasteiger partial charge in [-0.3, -0.25) is 0 Å². The van der Waals surface area contributed by atoms with Crippen LogP contribution in [-0.4, -0.2) is 0 Å². The lowest BCUT2D eigenvalue weighted by Crippen LogP contribution is -2.10. The predicted octanol–water partition coefficient (Wildman–Crippen LogP) is 4.17. The maximum absolute atomic E-state index is 9.15. The Morgan fingerprint density at radius 2 is 1.78 bits per heavy atom. The SMILES string of the molecule is CC(C)(C)c1sc(C#N)c(N)c1-c1ccccc1. The molecule has 0 bridgehead atoms. The molecule has 1 aromatic carbocycles. The number of rotatable bonds is 1. The van der Waals surface area contributed by atoms with Crippen molar-refractivity contribution in [2.24, 2.45) is 0 Å². The molecule has 0 radical (unpaired) electrons. The lowest BCUT2D eigenvalue weighted by Gasteiger charge is -2.19. The van der Waals surface area contributed by atoms with Crippen molar-refractivity contribution in [1.82, 2.24) is 0 Å². The second-order valence-electron chi connectivity index (χ2n) is 5.28. The van der Waals surface area contributed by atoms with Crippen LogP contribution in [0.4, 0.5) is 5.69 Å². The van der Waals surface area contributed by atoms with Crippen molar-refractivity contribution in [2.75, 3.05) is 5.73 Å². The number of nitrogens with zero attached hydrogens (tertiary/aromatic N) is 1. The molecule has 0 spiro atoms. The molecule has 0 aliphatic carbocycles. The Balaban J connectivity index is 2.74. The van der Waals surface area contributed by atoms with Crippen molar-refractivity contribution in [2.45, 2.75) is 26.2 Å². The zero-order chi connectivity index (χ0) is 13.3. The van der Waals surface area contributed by atoms with E-state index in [2.05, 4.69) is 26.8 Å². The quantitative estimate of drug-likeness (QED) is 0.832. The van der Waals surface area contributed by atoms with Crippen LogP contribution in [0.2, 0.25) is 0 Å². The second kappa shape index (κ2) is 4.47. The summed E-state index contributed by atoms with van der Waals surface area (Å²) in [6, 6.07) is 12.2. The topological polar surface area (TPSA) is 49.8 Å². The van der Waals surface area contributed by atoms with E-state index in [-0.39, 0.29) is 5.41 Å². The molecular weight excluding hydrogens is 240 g/mol. The number of anilines is 1. The minimum Gasteiger partial charge on any atom is -0.396 e. The van der Waals surface area contributed by atoms with E-state index in [4.69, 9.17) is 11.0 Å². The summed E-state index contributed by atoms with van der Waals surface area (Å²) in [5.74, 6) is 0. The van der Waals surface area contributed by atoms with Crippen molar-refractivity contribution in [1.29, 1.82) is 5.26 Å². The Morgan fingerprint density at radius 1 is 1.17 bits per heavy atom. The number of hydrogen-bond acceptors (Lipinski definition) is 3. The summed E-state index contributed by atoms with van der Waals surface area (Å²) in [6.45, 7) is 6.43. The van der Waals surface area contributed by atoms with Gasteiger partial charge >= 0.3 is 0 Å². The molecule has 2 aromatic rings. The van der Waals surface area contributed by atoms with Crippen LogP contribution in [0.3, 0.4) is 0 Å². The fraction of sp³-hybridized carbons (Fsp3) is 0.267. The molecule has 0 saturated carbocycles. The molecule has 1 aromatic heterocycles. The van der Waals surface area contributed by atoms with Crippen LogP contribution >= 0.6 is 11.3 Å². The third kappa shape index (κ3) is 2.12. The first-order valence-corrected chi connectivity index (χ1v) is 6.65. The number of nitriles is 1. The Kier molecular flexibility index (Phi) is 3.14. The molecule has 2 N–H and O–H groups in total. The average Bonchev–Trinajstić information content (AvgIpc) is 2.67. The Bertz CT molecular complexity index is 598. The third-order valence-corrected chi connectivity index (χ3v) is 4.33. The van der Waals surface area contributed by atoms with E-state index in [9.17, 15) is 0 Å². The van der Waals surface area contributed by atoms with E-state index in [1.165, 1.54) is 16.2 Å². The maximum atomic E-state index is 9.15. The largest absolute Gasteiger partial charge is 0.396 e. The van der Waals surface area contributed by atoms with Gasteiger partial charge in [0.05, 0.1) is 5.69 Å². The van der Waals surface area contributed by atoms with Crippen LogP contribution in [0.1, 0.15) is 30.5 Å². The smallest absolute Gasteiger partial charge is 0.128 e. The lowest BCUT2D eigenvalue weighted by atomic mass is 9.88. The molecule has 18 heavy (non-hydrogen) atoms. The molecule has 0 aliphatic rings. The first-order chi connectivity index (χ1) is 8.45. The fourth-order valence-electron chi connectivity index (χ4n) is 1.95. The van der Waals surface area contributed by atoms with Crippen LogP contribution in [-0.2, 0) is 5.41 Å². The van der Waals surface area contributed by atoms with Crippen LogP contribution in [0, 0.1) is 11.3 Å². The summed E-state index contributed by atoms with van der Waals surface area (Å²) in [6.07, 6.45) is 0. The minimum atomic E-state index is -0.0148. The molecule has 2 nitrogen and oxygen atoms in total. The molecule has 0 saturated heterocycles. The van der Waals surface area contributed by atoms with Crippen molar-refractivity contribution >= 4 is 17.0 Å². The predicted molar refractivity (Wildman–Crippen MR) is 77.6 cm³/mol. The molecule has 0 fully saturated rings. The molecule has 0 aliphatic heterocycles. The van der Waals surface area contributed by atoms with Gasteiger partial charge in [-0.15, -0.1) is 11.3 Å². The number of nitrogen functional groups attached to an aromatic ring is 1. The van der Waals surface area contributed by atoms with Crippen molar-refractivity contribution < 1.29 is 0 Å². The van der Waals surface area contributed by atoms with Crippen LogP contribution in [0.15, 0.2) is 30.3 Å². The summed E-state index contributed by atoms with van der Waals surface area (Å²) in [4.78, 5) is 1.78. The fourth-order valence-corrected chi connectivity index (χ4v) is 3.04. The zero-order valence-corrected chi connectivity index (χ0v) is 11.6. The van der Waals surface area contributed by atoms with Gasteiger partial charge < -0.3 is 5.73 Å². The van der Waals surface area contributed by atoms with Gasteiger partial charge in [0.1, 0.15) is 10.9 Å². The second-order valence-corrected chi connectivity index (χ2v) is 6.30. The van der Waals surface area contributed by atoms with Crippen molar-refractivity contribution in [3.05, 3.63) is 40.1 Å². The van der Waals surface area contributed by atoms with Gasteiger partial charge in [0, 0.05) is 10.4 Å². The Morgan fingerprint density at radius 3 is 2.28 bits per heavy atom. The highest BCUT2D eigenvalue weighted by Crippen LogP contribution is 2.44. The molecule has 3 heteroatoms. The van der Waals surface area contributed by atoms with Gasteiger partial charge in [0.15, 0.2) is 0 Å². The Labute approximate surface area is 112 Å². The van der Waals surface area contributed by atoms with E-state index in [1.54, 1.807) is 0 Å². The van der Waals surface area contributed by atoms with Gasteiger partial charge in [-0.1, -0.05) is 51.1 Å². The number of thiophene rings is 1. The molecule has 1 heterocycles. The van der Waals surface area contributed by atoms with Crippen LogP contribution in [0.5, 0.6) is 0 Å². The molecule has 0 atom stereocenters. The van der Waals surface area contributed by atoms with E-state index in [0.29, 0.717) is 10.6 Å². The van der Waals surface area contributed by atoms with Crippen molar-refractivity contribution in [3.63, 3.8) is 0 Å². The molecule has 2 rings (SSSR count). The number of benzene rings is 1. The van der Waals surface area contributed by atoms with Gasteiger partial charge in [-0.05, 0) is 11.0 Å². The summed E-state index contributed by atoms with van der Waals surface area (Å²) >= 11 is 1.50. The number of hydrogen-bond donors (Lipinski definition) is 1. The monoisotopic (exact) mass is 256 g/mol. The van der Waals surface area contributed by atoms with E-state index in [0.717, 1.165) is 11.1 Å². The molecule has 0 unspecified atom stereocenters. The van der Waals surface area contributed by atoms with Crippen molar-refractivity contribution in [3.8, 4) is 17.2 Å². The molecular formula is C15H16N2S. The van der Waals surface area contributed by atoms with Gasteiger partial charge in [0.25, 0.3) is 0 Å².